The van der Waals surface area contributed by atoms with Crippen LogP contribution in [0.15, 0.2) is 158 Å². The normalized spacial score (nSPS) is 11.9. The second-order valence-electron chi connectivity index (χ2n) is 15.8. The van der Waals surface area contributed by atoms with Crippen molar-refractivity contribution in [1.82, 2.24) is 9.13 Å². The second kappa shape index (κ2) is 13.9. The van der Waals surface area contributed by atoms with E-state index < -0.39 is 11.7 Å². The zero-order valence-electron chi connectivity index (χ0n) is 33.5. The van der Waals surface area contributed by atoms with Gasteiger partial charge in [0.25, 0.3) is 0 Å². The van der Waals surface area contributed by atoms with Crippen molar-refractivity contribution in [2.75, 3.05) is 0 Å². The molecule has 0 amide bonds. The topological polar surface area (TPSA) is 14.2 Å². The predicted molar refractivity (Wildman–Crippen MR) is 242 cm³/mol. The van der Waals surface area contributed by atoms with E-state index in [4.69, 9.17) is 6.57 Å². The van der Waals surface area contributed by atoms with Gasteiger partial charge in [0.15, 0.2) is 0 Å². The first-order chi connectivity index (χ1) is 29.0. The van der Waals surface area contributed by atoms with E-state index in [0.717, 1.165) is 71.9 Å². The second-order valence-corrected chi connectivity index (χ2v) is 15.8. The highest BCUT2D eigenvalue weighted by molar-refractivity contribution is 6.13. The third-order valence-corrected chi connectivity index (χ3v) is 11.9. The van der Waals surface area contributed by atoms with Gasteiger partial charge in [-0.05, 0) is 121 Å². The fourth-order valence-corrected chi connectivity index (χ4v) is 9.25. The van der Waals surface area contributed by atoms with Crippen molar-refractivity contribution in [2.45, 2.75) is 33.9 Å². The van der Waals surface area contributed by atoms with Crippen LogP contribution in [-0.2, 0) is 6.18 Å². The molecule has 0 radical (unpaired) electrons. The zero-order valence-corrected chi connectivity index (χ0v) is 33.5. The monoisotopic (exact) mass is 785 g/mol. The van der Waals surface area contributed by atoms with Gasteiger partial charge in [-0.15, -0.1) is 0 Å². The van der Waals surface area contributed by atoms with E-state index in [2.05, 4.69) is 127 Å². The Morgan fingerprint density at radius 2 is 0.983 bits per heavy atom. The molecule has 0 spiro atoms. The van der Waals surface area contributed by atoms with Crippen LogP contribution in [0, 0.1) is 34.3 Å². The fraction of sp³-hybridized carbons (Fsp3) is 0.0926. The van der Waals surface area contributed by atoms with Crippen LogP contribution >= 0.6 is 0 Å². The Labute approximate surface area is 346 Å². The molecule has 0 aliphatic rings. The smallest absolute Gasteiger partial charge is 0.318 e. The fourth-order valence-electron chi connectivity index (χ4n) is 9.25. The van der Waals surface area contributed by atoms with Crippen LogP contribution in [0.2, 0.25) is 0 Å². The van der Waals surface area contributed by atoms with Crippen molar-refractivity contribution in [3.63, 3.8) is 0 Å². The summed E-state index contributed by atoms with van der Waals surface area (Å²) in [6.45, 7) is 16.8. The molecule has 6 heteroatoms. The van der Waals surface area contributed by atoms with Crippen LogP contribution in [0.4, 0.5) is 18.9 Å². The average Bonchev–Trinajstić information content (AvgIpc) is 3.75. The van der Waals surface area contributed by atoms with Gasteiger partial charge in [0.1, 0.15) is 0 Å². The molecule has 3 nitrogen and oxygen atoms in total. The number of aryl methyl sites for hydroxylation is 4. The van der Waals surface area contributed by atoms with Crippen molar-refractivity contribution in [3.8, 4) is 44.8 Å². The molecule has 10 rings (SSSR count). The van der Waals surface area contributed by atoms with E-state index in [1.165, 1.54) is 28.3 Å². The van der Waals surface area contributed by atoms with Crippen molar-refractivity contribution >= 4 is 49.3 Å². The predicted octanol–water partition coefficient (Wildman–Crippen LogP) is 15.7. The van der Waals surface area contributed by atoms with Crippen molar-refractivity contribution in [3.05, 3.63) is 197 Å². The number of fused-ring (bicyclic) bond motifs is 6. The van der Waals surface area contributed by atoms with E-state index in [1.54, 1.807) is 18.2 Å². The molecule has 0 unspecified atom stereocenters. The SMILES string of the molecule is [C-]#[N+]c1cccc(-c2cc(C(F)(F)F)ccc2-n2c3ccccc3c3cc(-c4ccc(C)cc4C)ccc32)c1-n1c2ccccc2c2cc(-c3ccc(C)cc3C)ccc21. The molecule has 0 fully saturated rings. The third-order valence-electron chi connectivity index (χ3n) is 11.9. The number of benzene rings is 8. The molecule has 8 aromatic carbocycles. The summed E-state index contributed by atoms with van der Waals surface area (Å²) >= 11 is 0. The summed E-state index contributed by atoms with van der Waals surface area (Å²) < 4.78 is 48.6. The summed E-state index contributed by atoms with van der Waals surface area (Å²) in [5, 5.41) is 3.95. The first-order valence-electron chi connectivity index (χ1n) is 19.9. The largest absolute Gasteiger partial charge is 0.416 e. The molecule has 0 atom stereocenters. The lowest BCUT2D eigenvalue weighted by atomic mass is 9.96. The first kappa shape index (κ1) is 36.9. The zero-order chi connectivity index (χ0) is 41.4. The summed E-state index contributed by atoms with van der Waals surface area (Å²) in [5.41, 5.74) is 14.1. The van der Waals surface area contributed by atoms with Gasteiger partial charge in [-0.25, -0.2) is 4.85 Å². The standard InChI is InChI=1S/C54H38F3N3/c1-32-17-22-39(34(3)27-32)36-19-24-50-44(29-36)41-11-6-8-15-48(41)59(50)51-26-21-38(54(55,56)57)31-46(51)43-13-10-14-47(58-5)53(43)60-49-16-9-7-12-42(49)45-30-37(20-25-52(45)60)40-23-18-33(2)28-35(40)4/h6-31H,1-4H3. The molecule has 290 valence electrons. The maximum absolute atomic E-state index is 14.8. The number of para-hydroxylation sites is 3. The lowest BCUT2D eigenvalue weighted by Crippen LogP contribution is -2.08. The minimum atomic E-state index is -4.61. The molecule has 2 aromatic heterocycles. The van der Waals surface area contributed by atoms with Gasteiger partial charge in [0.05, 0.1) is 45.6 Å². The number of rotatable bonds is 5. The highest BCUT2D eigenvalue weighted by Crippen LogP contribution is 2.46. The van der Waals surface area contributed by atoms with Crippen LogP contribution in [0.5, 0.6) is 0 Å². The minimum absolute atomic E-state index is 0.331. The summed E-state index contributed by atoms with van der Waals surface area (Å²) in [6, 6.07) is 51.0. The van der Waals surface area contributed by atoms with Gasteiger partial charge in [-0.3, -0.25) is 0 Å². The molecule has 0 N–H and O–H groups in total. The van der Waals surface area contributed by atoms with Gasteiger partial charge in [-0.2, -0.15) is 13.2 Å². The Bertz CT molecular complexity index is 3430. The summed E-state index contributed by atoms with van der Waals surface area (Å²) in [7, 11) is 0. The number of alkyl halides is 3. The number of nitrogens with zero attached hydrogens (tertiary/aromatic N) is 3. The number of halogens is 3. The van der Waals surface area contributed by atoms with Crippen molar-refractivity contribution < 1.29 is 13.2 Å². The van der Waals surface area contributed by atoms with Crippen molar-refractivity contribution in [1.29, 1.82) is 0 Å². The lowest BCUT2D eigenvalue weighted by Gasteiger charge is -2.21. The minimum Gasteiger partial charge on any atom is -0.318 e. The molecule has 2 heterocycles. The number of hydrogen-bond acceptors (Lipinski definition) is 0. The molecular weight excluding hydrogens is 748 g/mol. The van der Waals surface area contributed by atoms with Crippen LogP contribution < -0.4 is 0 Å². The van der Waals surface area contributed by atoms with E-state index >= 15 is 0 Å². The van der Waals surface area contributed by atoms with Crippen LogP contribution in [-0.4, -0.2) is 9.13 Å². The highest BCUT2D eigenvalue weighted by Gasteiger charge is 2.32. The molecule has 0 aliphatic heterocycles. The van der Waals surface area contributed by atoms with Gasteiger partial charge in [-0.1, -0.05) is 114 Å². The number of aromatic nitrogens is 2. The van der Waals surface area contributed by atoms with E-state index in [0.29, 0.717) is 28.2 Å². The van der Waals surface area contributed by atoms with E-state index in [-0.39, 0.29) is 0 Å². The molecule has 0 bridgehead atoms. The Morgan fingerprint density at radius 3 is 1.53 bits per heavy atom. The van der Waals surface area contributed by atoms with E-state index in [1.807, 2.05) is 42.5 Å². The molecule has 0 aliphatic carbocycles. The van der Waals surface area contributed by atoms with Gasteiger partial charge < -0.3 is 9.13 Å². The van der Waals surface area contributed by atoms with Crippen LogP contribution in [0.3, 0.4) is 0 Å². The Hall–Kier alpha value is -7.36. The number of hydrogen-bond donors (Lipinski definition) is 0. The average molecular weight is 786 g/mol. The maximum Gasteiger partial charge on any atom is 0.416 e. The Balaban J connectivity index is 1.27. The van der Waals surface area contributed by atoms with Crippen molar-refractivity contribution in [2.24, 2.45) is 0 Å². The van der Waals surface area contributed by atoms with Crippen LogP contribution in [0.1, 0.15) is 27.8 Å². The molecule has 60 heavy (non-hydrogen) atoms. The quantitative estimate of drug-likeness (QED) is 0.154. The molecular formula is C54H38F3N3. The Kier molecular flexibility index (Phi) is 8.55. The summed E-state index contributed by atoms with van der Waals surface area (Å²) in [4.78, 5) is 4.03. The summed E-state index contributed by atoms with van der Waals surface area (Å²) in [6.07, 6.45) is -4.61. The Morgan fingerprint density at radius 1 is 0.450 bits per heavy atom. The van der Waals surface area contributed by atoms with Gasteiger partial charge in [0, 0.05) is 27.1 Å². The lowest BCUT2D eigenvalue weighted by molar-refractivity contribution is -0.137. The molecule has 0 saturated carbocycles. The van der Waals surface area contributed by atoms with Gasteiger partial charge in [0.2, 0.25) is 5.69 Å². The molecule has 0 saturated heterocycles. The van der Waals surface area contributed by atoms with Gasteiger partial charge >= 0.3 is 6.18 Å². The maximum atomic E-state index is 14.8. The van der Waals surface area contributed by atoms with Crippen LogP contribution in [0.25, 0.3) is 93.2 Å². The highest BCUT2D eigenvalue weighted by atomic mass is 19.4. The van der Waals surface area contributed by atoms with E-state index in [9.17, 15) is 13.2 Å². The third kappa shape index (κ3) is 5.88. The first-order valence-corrected chi connectivity index (χ1v) is 19.9. The summed E-state index contributed by atoms with van der Waals surface area (Å²) in [5.74, 6) is 0. The molecule has 10 aromatic rings.